The van der Waals surface area contributed by atoms with Gasteiger partial charge in [0, 0.05) is 37.6 Å². The van der Waals surface area contributed by atoms with Gasteiger partial charge < -0.3 is 14.6 Å². The van der Waals surface area contributed by atoms with Crippen LogP contribution in [0.4, 0.5) is 8.78 Å². The summed E-state index contributed by atoms with van der Waals surface area (Å²) in [6.45, 7) is -0.858. The first-order valence-corrected chi connectivity index (χ1v) is 7.65. The number of carbonyl (C=O) groups is 1. The summed E-state index contributed by atoms with van der Waals surface area (Å²) in [4.78, 5) is 13.9. The second-order valence-corrected chi connectivity index (χ2v) is 5.61. The molecule has 0 spiro atoms. The van der Waals surface area contributed by atoms with Gasteiger partial charge in [-0.2, -0.15) is 8.78 Å². The molecule has 0 bridgehead atoms. The number of hydrogen-bond donors (Lipinski definition) is 1. The van der Waals surface area contributed by atoms with Crippen LogP contribution in [0.3, 0.4) is 0 Å². The maximum atomic E-state index is 12.8. The topological polar surface area (TPSA) is 50.4 Å². The van der Waals surface area contributed by atoms with Crippen molar-refractivity contribution in [1.29, 1.82) is 0 Å². The van der Waals surface area contributed by atoms with Crippen molar-refractivity contribution in [2.75, 3.05) is 13.1 Å². The van der Waals surface area contributed by atoms with Gasteiger partial charge in [0.05, 0.1) is 6.26 Å². The smallest absolute Gasteiger partial charge is 0.318 e. The highest BCUT2D eigenvalue weighted by atomic mass is 19.3. The third-order valence-corrected chi connectivity index (χ3v) is 4.16. The summed E-state index contributed by atoms with van der Waals surface area (Å²) < 4.78 is 31.7. The van der Waals surface area contributed by atoms with E-state index < -0.39 is 6.55 Å². The van der Waals surface area contributed by atoms with Crippen molar-refractivity contribution in [2.45, 2.75) is 32.0 Å². The number of furan rings is 1. The van der Waals surface area contributed by atoms with E-state index in [4.69, 9.17) is 4.42 Å². The van der Waals surface area contributed by atoms with Gasteiger partial charge in [-0.1, -0.05) is 0 Å². The van der Waals surface area contributed by atoms with Gasteiger partial charge in [0.15, 0.2) is 5.76 Å². The molecule has 3 heterocycles. The van der Waals surface area contributed by atoms with Crippen LogP contribution >= 0.6 is 0 Å². The summed E-state index contributed by atoms with van der Waals surface area (Å²) in [5.74, 6) is 0.256. The minimum Gasteiger partial charge on any atom is -0.459 e. The van der Waals surface area contributed by atoms with Crippen molar-refractivity contribution in [2.24, 2.45) is 0 Å². The Balaban J connectivity index is 1.48. The molecule has 2 aromatic rings. The van der Waals surface area contributed by atoms with Crippen LogP contribution in [0.2, 0.25) is 0 Å². The molecule has 0 unspecified atom stereocenters. The highest BCUT2D eigenvalue weighted by Gasteiger charge is 2.25. The maximum Gasteiger partial charge on any atom is 0.318 e. The van der Waals surface area contributed by atoms with Gasteiger partial charge in [0.2, 0.25) is 0 Å². The fourth-order valence-corrected chi connectivity index (χ4v) is 2.86. The molecule has 7 heteroatoms. The number of nitrogens with one attached hydrogen (secondary N) is 1. The van der Waals surface area contributed by atoms with Crippen molar-refractivity contribution < 1.29 is 18.0 Å². The van der Waals surface area contributed by atoms with Crippen molar-refractivity contribution in [3.8, 4) is 0 Å². The highest BCUT2D eigenvalue weighted by molar-refractivity contribution is 5.91. The lowest BCUT2D eigenvalue weighted by molar-refractivity contribution is 0.0646. The number of alkyl halides is 2. The van der Waals surface area contributed by atoms with Crippen molar-refractivity contribution in [1.82, 2.24) is 14.8 Å². The summed E-state index contributed by atoms with van der Waals surface area (Å²) in [6, 6.07) is 6.88. The van der Waals surface area contributed by atoms with Crippen LogP contribution in [0, 0.1) is 0 Å². The number of aromatic nitrogens is 1. The first kappa shape index (κ1) is 15.7. The average Bonchev–Trinajstić information content (AvgIpc) is 3.24. The van der Waals surface area contributed by atoms with Crippen LogP contribution in [0.5, 0.6) is 0 Å². The molecule has 1 aliphatic heterocycles. The number of halogens is 2. The predicted molar refractivity (Wildman–Crippen MR) is 80.2 cm³/mol. The van der Waals surface area contributed by atoms with Crippen LogP contribution in [0.15, 0.2) is 41.1 Å². The molecule has 1 aliphatic rings. The monoisotopic (exact) mass is 323 g/mol. The molecule has 5 nitrogen and oxygen atoms in total. The van der Waals surface area contributed by atoms with Crippen LogP contribution in [-0.2, 0) is 6.54 Å². The Morgan fingerprint density at radius 2 is 2.09 bits per heavy atom. The van der Waals surface area contributed by atoms with Gasteiger partial charge in [0.25, 0.3) is 5.91 Å². The molecule has 1 fully saturated rings. The zero-order valence-electron chi connectivity index (χ0n) is 12.6. The second-order valence-electron chi connectivity index (χ2n) is 5.61. The third kappa shape index (κ3) is 3.61. The van der Waals surface area contributed by atoms with E-state index in [1.54, 1.807) is 29.2 Å². The van der Waals surface area contributed by atoms with Gasteiger partial charge in [-0.3, -0.25) is 9.36 Å². The van der Waals surface area contributed by atoms with E-state index in [-0.39, 0.29) is 11.9 Å². The Labute approximate surface area is 132 Å². The molecule has 3 rings (SSSR count). The fraction of sp³-hybridized carbons (Fsp3) is 0.438. The summed E-state index contributed by atoms with van der Waals surface area (Å²) in [5, 5.41) is 3.30. The molecule has 0 saturated carbocycles. The molecule has 2 aromatic heterocycles. The van der Waals surface area contributed by atoms with Gasteiger partial charge in [-0.05, 0) is 37.1 Å². The molecule has 1 N–H and O–H groups in total. The number of amides is 1. The zero-order valence-corrected chi connectivity index (χ0v) is 12.6. The van der Waals surface area contributed by atoms with Crippen molar-refractivity contribution in [3.63, 3.8) is 0 Å². The Morgan fingerprint density at radius 1 is 1.30 bits per heavy atom. The minimum atomic E-state index is -2.52. The standard InChI is InChI=1S/C16H19F2N3O2/c17-16(18)21-7-1-3-13(21)11-19-12-5-8-20(9-6-12)15(22)14-4-2-10-23-14/h1-4,7,10,12,16,19H,5-6,8-9,11H2. The van der Waals surface area contributed by atoms with Gasteiger partial charge in [-0.25, -0.2) is 0 Å². The predicted octanol–water partition coefficient (Wildman–Crippen LogP) is 2.87. The Bertz CT molecular complexity index is 632. The molecule has 1 amide bonds. The van der Waals surface area contributed by atoms with Gasteiger partial charge in [0.1, 0.15) is 0 Å². The molecule has 23 heavy (non-hydrogen) atoms. The van der Waals surface area contributed by atoms with E-state index in [0.717, 1.165) is 17.4 Å². The first-order chi connectivity index (χ1) is 11.1. The lowest BCUT2D eigenvalue weighted by Gasteiger charge is -2.32. The van der Waals surface area contributed by atoms with Crippen LogP contribution in [-0.4, -0.2) is 34.5 Å². The van der Waals surface area contributed by atoms with E-state index in [1.165, 1.54) is 12.5 Å². The Morgan fingerprint density at radius 3 is 2.74 bits per heavy atom. The summed E-state index contributed by atoms with van der Waals surface area (Å²) >= 11 is 0. The van der Waals surface area contributed by atoms with E-state index in [9.17, 15) is 13.6 Å². The molecule has 0 aliphatic carbocycles. The third-order valence-electron chi connectivity index (χ3n) is 4.16. The number of hydrogen-bond acceptors (Lipinski definition) is 3. The molecule has 1 saturated heterocycles. The number of rotatable bonds is 5. The highest BCUT2D eigenvalue weighted by Crippen LogP contribution is 2.17. The summed E-state index contributed by atoms with van der Waals surface area (Å²) in [7, 11) is 0. The number of likely N-dealkylation sites (tertiary alicyclic amines) is 1. The van der Waals surface area contributed by atoms with Crippen molar-refractivity contribution >= 4 is 5.91 Å². The number of carbonyl (C=O) groups excluding carboxylic acids is 1. The minimum absolute atomic E-state index is 0.0972. The lowest BCUT2D eigenvalue weighted by Crippen LogP contribution is -2.44. The summed E-state index contributed by atoms with van der Waals surface area (Å²) in [6.07, 6.45) is 4.45. The molecule has 124 valence electrons. The molecular formula is C16H19F2N3O2. The van der Waals surface area contributed by atoms with Crippen LogP contribution in [0.1, 0.15) is 35.6 Å². The Kier molecular flexibility index (Phi) is 4.76. The molecule has 0 atom stereocenters. The van der Waals surface area contributed by atoms with E-state index >= 15 is 0 Å². The van der Waals surface area contributed by atoms with E-state index in [2.05, 4.69) is 5.32 Å². The zero-order chi connectivity index (χ0) is 16.2. The van der Waals surface area contributed by atoms with Crippen molar-refractivity contribution in [3.05, 3.63) is 48.2 Å². The first-order valence-electron chi connectivity index (χ1n) is 7.65. The van der Waals surface area contributed by atoms with E-state index in [0.29, 0.717) is 31.1 Å². The average molecular weight is 323 g/mol. The van der Waals surface area contributed by atoms with Crippen LogP contribution < -0.4 is 5.32 Å². The molecular weight excluding hydrogens is 304 g/mol. The maximum absolute atomic E-state index is 12.8. The number of piperidine rings is 1. The SMILES string of the molecule is O=C(c1ccco1)N1CCC(NCc2cccn2C(F)F)CC1. The normalized spacial score (nSPS) is 16.2. The fourth-order valence-electron chi connectivity index (χ4n) is 2.86. The van der Waals surface area contributed by atoms with Gasteiger partial charge >= 0.3 is 6.55 Å². The largest absolute Gasteiger partial charge is 0.459 e. The van der Waals surface area contributed by atoms with Gasteiger partial charge in [-0.15, -0.1) is 0 Å². The summed E-state index contributed by atoms with van der Waals surface area (Å²) in [5.41, 5.74) is 0.564. The molecule has 0 aromatic carbocycles. The molecule has 0 radical (unpaired) electrons. The number of nitrogens with zero attached hydrogens (tertiary/aromatic N) is 2. The second kappa shape index (κ2) is 6.95. The van der Waals surface area contributed by atoms with E-state index in [1.807, 2.05) is 0 Å². The quantitative estimate of drug-likeness (QED) is 0.920. The Hall–Kier alpha value is -2.15. The van der Waals surface area contributed by atoms with Crippen LogP contribution in [0.25, 0.3) is 0 Å². The lowest BCUT2D eigenvalue weighted by atomic mass is 10.0.